The molecule has 2 aliphatic heterocycles. The van der Waals surface area contributed by atoms with Gasteiger partial charge in [-0.2, -0.15) is 0 Å². The van der Waals surface area contributed by atoms with Gasteiger partial charge in [-0.1, -0.05) is 18.2 Å². The van der Waals surface area contributed by atoms with Gasteiger partial charge in [0.05, 0.1) is 35.8 Å². The number of fused-ring (bicyclic) bond motifs is 2. The van der Waals surface area contributed by atoms with E-state index in [2.05, 4.69) is 26.6 Å². The summed E-state index contributed by atoms with van der Waals surface area (Å²) in [6.45, 7) is 3.12. The number of pyridine rings is 1. The van der Waals surface area contributed by atoms with E-state index >= 15 is 0 Å². The van der Waals surface area contributed by atoms with E-state index in [1.165, 1.54) is 0 Å². The summed E-state index contributed by atoms with van der Waals surface area (Å²) in [5.41, 5.74) is 5.11. The highest BCUT2D eigenvalue weighted by atomic mass is 16.5. The van der Waals surface area contributed by atoms with Crippen LogP contribution in [0.5, 0.6) is 0 Å². The van der Waals surface area contributed by atoms with Crippen molar-refractivity contribution in [2.75, 3.05) is 41.8 Å². The van der Waals surface area contributed by atoms with Gasteiger partial charge in [0.2, 0.25) is 0 Å². The van der Waals surface area contributed by atoms with E-state index in [0.29, 0.717) is 5.56 Å². The van der Waals surface area contributed by atoms with Crippen LogP contribution < -0.4 is 15.5 Å². The molecule has 1 amide bonds. The summed E-state index contributed by atoms with van der Waals surface area (Å²) in [5, 5.41) is 6.34. The van der Waals surface area contributed by atoms with E-state index in [4.69, 9.17) is 4.74 Å². The number of rotatable bonds is 2. The predicted octanol–water partition coefficient (Wildman–Crippen LogP) is 3.89. The fraction of sp³-hybridized carbons (Fsp3) is 0.182. The van der Waals surface area contributed by atoms with Crippen LogP contribution in [0.25, 0.3) is 11.1 Å². The number of benzene rings is 2. The van der Waals surface area contributed by atoms with Gasteiger partial charge in [-0.25, -0.2) is 4.98 Å². The summed E-state index contributed by atoms with van der Waals surface area (Å²) in [7, 11) is 0. The van der Waals surface area contributed by atoms with Gasteiger partial charge in [-0.05, 0) is 47.5 Å². The summed E-state index contributed by atoms with van der Waals surface area (Å²) < 4.78 is 5.43. The van der Waals surface area contributed by atoms with Crippen molar-refractivity contribution in [3.05, 3.63) is 66.4 Å². The topological polar surface area (TPSA) is 66.5 Å². The number of hydrogen-bond donors (Lipinski definition) is 2. The second-order valence-electron chi connectivity index (χ2n) is 6.89. The molecule has 28 heavy (non-hydrogen) atoms. The van der Waals surface area contributed by atoms with E-state index < -0.39 is 0 Å². The first-order valence-corrected chi connectivity index (χ1v) is 9.38. The second kappa shape index (κ2) is 6.98. The Kier molecular flexibility index (Phi) is 4.18. The first kappa shape index (κ1) is 16.8. The van der Waals surface area contributed by atoms with Gasteiger partial charge in [0, 0.05) is 19.3 Å². The minimum atomic E-state index is -0.114. The molecule has 3 aromatic rings. The maximum absolute atomic E-state index is 12.8. The zero-order valence-electron chi connectivity index (χ0n) is 15.3. The number of aromatic nitrogens is 1. The molecule has 5 rings (SSSR count). The average molecular weight is 372 g/mol. The molecule has 3 heterocycles. The summed E-state index contributed by atoms with van der Waals surface area (Å²) >= 11 is 0. The molecule has 2 N–H and O–H groups in total. The molecule has 1 fully saturated rings. The van der Waals surface area contributed by atoms with E-state index in [1.54, 1.807) is 0 Å². The van der Waals surface area contributed by atoms with Crippen molar-refractivity contribution in [3.8, 4) is 11.1 Å². The lowest BCUT2D eigenvalue weighted by Gasteiger charge is -2.28. The number of carbonyl (C=O) groups excluding carboxylic acids is 1. The fourth-order valence-corrected chi connectivity index (χ4v) is 3.62. The van der Waals surface area contributed by atoms with Crippen LogP contribution in [0.4, 0.5) is 22.9 Å². The van der Waals surface area contributed by atoms with Crippen molar-refractivity contribution < 1.29 is 9.53 Å². The standard InChI is InChI=1S/C22H20N4O2/c27-22-17-13-15(5-6-18(17)24-19-3-1-2-4-20(19)25-22)16-7-8-23-21(14-16)26-9-11-28-12-10-26/h1-8,13-14,24H,9-12H2,(H,25,27). The van der Waals surface area contributed by atoms with E-state index in [1.807, 2.05) is 54.7 Å². The number of anilines is 4. The Bertz CT molecular complexity index is 1040. The lowest BCUT2D eigenvalue weighted by atomic mass is 10.0. The quantitative estimate of drug-likeness (QED) is 0.714. The zero-order chi connectivity index (χ0) is 18.9. The fourth-order valence-electron chi connectivity index (χ4n) is 3.62. The van der Waals surface area contributed by atoms with Crippen LogP contribution in [-0.4, -0.2) is 37.2 Å². The van der Waals surface area contributed by atoms with Crippen LogP contribution in [0.15, 0.2) is 60.8 Å². The van der Waals surface area contributed by atoms with E-state index in [-0.39, 0.29) is 5.91 Å². The molecule has 140 valence electrons. The maximum atomic E-state index is 12.8. The molecular weight excluding hydrogens is 352 g/mol. The van der Waals surface area contributed by atoms with Gasteiger partial charge in [0.25, 0.3) is 5.91 Å². The maximum Gasteiger partial charge on any atom is 0.257 e. The van der Waals surface area contributed by atoms with Crippen molar-refractivity contribution >= 4 is 28.8 Å². The highest BCUT2D eigenvalue weighted by molar-refractivity contribution is 6.12. The Hall–Kier alpha value is -3.38. The molecular formula is C22H20N4O2. The van der Waals surface area contributed by atoms with Crippen molar-refractivity contribution in [1.82, 2.24) is 4.98 Å². The molecule has 0 radical (unpaired) electrons. The number of nitrogens with one attached hydrogen (secondary N) is 2. The molecule has 2 aliphatic rings. The highest BCUT2D eigenvalue weighted by Crippen LogP contribution is 2.34. The van der Waals surface area contributed by atoms with Gasteiger partial charge in [0.1, 0.15) is 5.82 Å². The smallest absolute Gasteiger partial charge is 0.257 e. The van der Waals surface area contributed by atoms with Crippen LogP contribution >= 0.6 is 0 Å². The molecule has 0 spiro atoms. The van der Waals surface area contributed by atoms with E-state index in [0.717, 1.165) is 60.3 Å². The van der Waals surface area contributed by atoms with Crippen LogP contribution in [0.3, 0.4) is 0 Å². The first-order valence-electron chi connectivity index (χ1n) is 9.38. The first-order chi connectivity index (χ1) is 13.8. The third-order valence-corrected chi connectivity index (χ3v) is 5.12. The lowest BCUT2D eigenvalue weighted by molar-refractivity contribution is 0.102. The number of amides is 1. The van der Waals surface area contributed by atoms with Crippen molar-refractivity contribution in [2.45, 2.75) is 0 Å². The molecule has 1 aromatic heterocycles. The van der Waals surface area contributed by atoms with Gasteiger partial charge in [-0.15, -0.1) is 0 Å². The zero-order valence-corrected chi connectivity index (χ0v) is 15.3. The van der Waals surface area contributed by atoms with Crippen LogP contribution in [0.1, 0.15) is 10.4 Å². The number of nitrogens with zero attached hydrogens (tertiary/aromatic N) is 2. The van der Waals surface area contributed by atoms with Crippen molar-refractivity contribution in [1.29, 1.82) is 0 Å². The second-order valence-corrected chi connectivity index (χ2v) is 6.89. The van der Waals surface area contributed by atoms with Gasteiger partial charge in [0.15, 0.2) is 0 Å². The predicted molar refractivity (Wildman–Crippen MR) is 110 cm³/mol. The molecule has 0 bridgehead atoms. The molecule has 1 saturated heterocycles. The number of carbonyl (C=O) groups is 1. The molecule has 0 atom stereocenters. The molecule has 0 aliphatic carbocycles. The minimum Gasteiger partial charge on any atom is -0.378 e. The summed E-state index contributed by atoms with van der Waals surface area (Å²) in [6.07, 6.45) is 1.82. The monoisotopic (exact) mass is 372 g/mol. The molecule has 0 saturated carbocycles. The summed E-state index contributed by atoms with van der Waals surface area (Å²) in [4.78, 5) is 19.5. The number of ether oxygens (including phenoxy) is 1. The van der Waals surface area contributed by atoms with E-state index in [9.17, 15) is 4.79 Å². The number of para-hydroxylation sites is 2. The third-order valence-electron chi connectivity index (χ3n) is 5.12. The Morgan fingerprint density at radius 3 is 2.43 bits per heavy atom. The Morgan fingerprint density at radius 2 is 1.61 bits per heavy atom. The van der Waals surface area contributed by atoms with Crippen LogP contribution in [-0.2, 0) is 4.74 Å². The van der Waals surface area contributed by atoms with Gasteiger partial charge in [-0.3, -0.25) is 4.79 Å². The normalized spacial score (nSPS) is 15.7. The highest BCUT2D eigenvalue weighted by Gasteiger charge is 2.20. The Morgan fingerprint density at radius 1 is 0.857 bits per heavy atom. The van der Waals surface area contributed by atoms with Crippen LogP contribution in [0.2, 0.25) is 0 Å². The molecule has 6 heteroatoms. The largest absolute Gasteiger partial charge is 0.378 e. The van der Waals surface area contributed by atoms with Crippen molar-refractivity contribution in [2.24, 2.45) is 0 Å². The summed E-state index contributed by atoms with van der Waals surface area (Å²) in [5.74, 6) is 0.822. The third kappa shape index (κ3) is 3.08. The SMILES string of the molecule is O=C1Nc2ccccc2Nc2ccc(-c3ccnc(N4CCOCC4)c3)cc21. The lowest BCUT2D eigenvalue weighted by Crippen LogP contribution is -2.36. The molecule has 0 unspecified atom stereocenters. The average Bonchev–Trinajstić information content (AvgIpc) is 2.90. The molecule has 2 aromatic carbocycles. The summed E-state index contributed by atoms with van der Waals surface area (Å²) in [6, 6.07) is 17.7. The van der Waals surface area contributed by atoms with Crippen molar-refractivity contribution in [3.63, 3.8) is 0 Å². The van der Waals surface area contributed by atoms with Gasteiger partial charge < -0.3 is 20.3 Å². The molecule has 6 nitrogen and oxygen atoms in total. The minimum absolute atomic E-state index is 0.114. The van der Waals surface area contributed by atoms with Gasteiger partial charge >= 0.3 is 0 Å². The number of hydrogen-bond acceptors (Lipinski definition) is 5. The Labute approximate surface area is 163 Å². The van der Waals surface area contributed by atoms with Crippen LogP contribution in [0, 0.1) is 0 Å². The number of morpholine rings is 1. The Balaban J connectivity index is 1.50.